The van der Waals surface area contributed by atoms with Crippen molar-refractivity contribution in [1.29, 1.82) is 0 Å². The van der Waals surface area contributed by atoms with Crippen LogP contribution in [0.15, 0.2) is 0 Å². The molecule has 0 amide bonds. The zero-order chi connectivity index (χ0) is 13.9. The summed E-state index contributed by atoms with van der Waals surface area (Å²) in [5.74, 6) is 0. The Bertz CT molecular complexity index is 222. The van der Waals surface area contributed by atoms with Crippen LogP contribution in [0.4, 0.5) is 35.1 Å². The molecule has 0 unspecified atom stereocenters. The van der Waals surface area contributed by atoms with Gasteiger partial charge in [0.25, 0.3) is 0 Å². The molecule has 0 aromatic rings. The Morgan fingerprint density at radius 3 is 1.47 bits per heavy atom. The SMILES string of the molecule is CC[Si](OC(F)F)(OC(F)(F)F)OC(F)(F)F. The second kappa shape index (κ2) is 5.45. The van der Waals surface area contributed by atoms with Crippen LogP contribution in [-0.4, -0.2) is 28.1 Å². The molecule has 0 aromatic heterocycles. The van der Waals surface area contributed by atoms with Gasteiger partial charge in [0, 0.05) is 6.04 Å². The van der Waals surface area contributed by atoms with Gasteiger partial charge in [-0.3, -0.25) is 8.85 Å². The highest BCUT2D eigenvalue weighted by molar-refractivity contribution is 6.60. The van der Waals surface area contributed by atoms with Crippen molar-refractivity contribution in [2.45, 2.75) is 32.3 Å². The minimum Gasteiger partial charge on any atom is -0.316 e. The average molecular weight is 294 g/mol. The van der Waals surface area contributed by atoms with Crippen molar-refractivity contribution in [2.24, 2.45) is 0 Å². The van der Waals surface area contributed by atoms with E-state index in [2.05, 4.69) is 13.3 Å². The second-order valence-electron chi connectivity index (χ2n) is 2.51. The van der Waals surface area contributed by atoms with Crippen LogP contribution < -0.4 is 0 Å². The van der Waals surface area contributed by atoms with Crippen LogP contribution >= 0.6 is 0 Å². The molecule has 0 aliphatic carbocycles. The molecule has 0 saturated carbocycles. The van der Waals surface area contributed by atoms with Gasteiger partial charge in [0.05, 0.1) is 0 Å². The van der Waals surface area contributed by atoms with Gasteiger partial charge in [-0.05, 0) is 0 Å². The normalized spacial score (nSPS) is 14.5. The Labute approximate surface area is 90.6 Å². The van der Waals surface area contributed by atoms with E-state index in [4.69, 9.17) is 0 Å². The number of halogens is 8. The molecule has 0 fully saturated rings. The number of alkyl halides is 8. The molecule has 0 radical (unpaired) electrons. The maximum atomic E-state index is 11.8. The van der Waals surface area contributed by atoms with Gasteiger partial charge in [0.15, 0.2) is 0 Å². The van der Waals surface area contributed by atoms with E-state index >= 15 is 0 Å². The molecular weight excluding hydrogens is 288 g/mol. The molecule has 0 atom stereocenters. The lowest BCUT2D eigenvalue weighted by atomic mass is 11.0. The largest absolute Gasteiger partial charge is 0.517 e. The summed E-state index contributed by atoms with van der Waals surface area (Å²) in [6.07, 6.45) is -11.2. The molecule has 3 nitrogen and oxygen atoms in total. The first kappa shape index (κ1) is 16.5. The summed E-state index contributed by atoms with van der Waals surface area (Å²) < 4.78 is 104. The van der Waals surface area contributed by atoms with E-state index in [0.29, 0.717) is 0 Å². The van der Waals surface area contributed by atoms with Gasteiger partial charge >= 0.3 is 28.1 Å². The Morgan fingerprint density at radius 2 is 1.29 bits per heavy atom. The van der Waals surface area contributed by atoms with Crippen LogP contribution in [0.2, 0.25) is 6.04 Å². The smallest absolute Gasteiger partial charge is 0.316 e. The van der Waals surface area contributed by atoms with Gasteiger partial charge < -0.3 is 4.43 Å². The van der Waals surface area contributed by atoms with Crippen LogP contribution in [0.3, 0.4) is 0 Å². The highest BCUT2D eigenvalue weighted by atomic mass is 28.4. The molecular formula is C5H6F8O3Si. The predicted molar refractivity (Wildman–Crippen MR) is 37.6 cm³/mol. The Hall–Kier alpha value is -0.463. The van der Waals surface area contributed by atoms with E-state index in [-0.39, 0.29) is 0 Å². The molecule has 0 N–H and O–H groups in total. The average Bonchev–Trinajstić information content (AvgIpc) is 1.95. The summed E-state index contributed by atoms with van der Waals surface area (Å²) in [5.41, 5.74) is 0. The fraction of sp³-hybridized carbons (Fsp3) is 1.00. The second-order valence-corrected chi connectivity index (χ2v) is 5.23. The number of hydrogen-bond donors (Lipinski definition) is 0. The zero-order valence-electron chi connectivity index (χ0n) is 8.03. The summed E-state index contributed by atoms with van der Waals surface area (Å²) in [4.78, 5) is 0. The van der Waals surface area contributed by atoms with Crippen LogP contribution in [0.1, 0.15) is 6.92 Å². The third-order valence-corrected chi connectivity index (χ3v) is 3.73. The predicted octanol–water partition coefficient (Wildman–Crippen LogP) is 3.26. The third-order valence-electron chi connectivity index (χ3n) is 1.24. The summed E-state index contributed by atoms with van der Waals surface area (Å²) in [5, 5.41) is 0. The van der Waals surface area contributed by atoms with Gasteiger partial charge in [-0.25, -0.2) is 0 Å². The molecule has 0 aliphatic heterocycles. The van der Waals surface area contributed by atoms with Crippen molar-refractivity contribution < 1.29 is 48.4 Å². The van der Waals surface area contributed by atoms with E-state index < -0.39 is 34.2 Å². The monoisotopic (exact) mass is 294 g/mol. The number of hydrogen-bond acceptors (Lipinski definition) is 3. The maximum absolute atomic E-state index is 11.8. The Kier molecular flexibility index (Phi) is 5.30. The van der Waals surface area contributed by atoms with Crippen LogP contribution in [0.5, 0.6) is 0 Å². The Balaban J connectivity index is 5.01. The first-order valence-corrected chi connectivity index (χ1v) is 5.82. The van der Waals surface area contributed by atoms with E-state index in [1.165, 1.54) is 0 Å². The fourth-order valence-corrected chi connectivity index (χ4v) is 2.35. The molecule has 104 valence electrons. The van der Waals surface area contributed by atoms with Gasteiger partial charge in [-0.1, -0.05) is 6.92 Å². The van der Waals surface area contributed by atoms with Crippen LogP contribution in [-0.2, 0) is 13.3 Å². The van der Waals surface area contributed by atoms with Gasteiger partial charge in [0.1, 0.15) is 0 Å². The first-order chi connectivity index (χ1) is 7.39. The van der Waals surface area contributed by atoms with Crippen LogP contribution in [0.25, 0.3) is 0 Å². The van der Waals surface area contributed by atoms with Crippen molar-refractivity contribution in [3.05, 3.63) is 0 Å². The molecule has 0 saturated heterocycles. The van der Waals surface area contributed by atoms with Crippen LogP contribution in [0, 0.1) is 0 Å². The van der Waals surface area contributed by atoms with Gasteiger partial charge in [-0.2, -0.15) is 8.78 Å². The number of rotatable bonds is 5. The molecule has 0 spiro atoms. The highest BCUT2D eigenvalue weighted by Gasteiger charge is 2.57. The van der Waals surface area contributed by atoms with Crippen molar-refractivity contribution in [3.63, 3.8) is 0 Å². The Morgan fingerprint density at radius 1 is 0.941 bits per heavy atom. The highest BCUT2D eigenvalue weighted by Crippen LogP contribution is 2.33. The van der Waals surface area contributed by atoms with Crippen molar-refractivity contribution in [1.82, 2.24) is 0 Å². The molecule has 0 aliphatic rings. The molecule has 0 rings (SSSR count). The van der Waals surface area contributed by atoms with E-state index in [1.54, 1.807) is 0 Å². The zero-order valence-corrected chi connectivity index (χ0v) is 9.03. The van der Waals surface area contributed by atoms with Gasteiger partial charge in [-0.15, -0.1) is 26.3 Å². The quantitative estimate of drug-likeness (QED) is 0.575. The minimum atomic E-state index is -5.60. The summed E-state index contributed by atoms with van der Waals surface area (Å²) in [6.45, 7) is -3.14. The molecule has 0 heterocycles. The summed E-state index contributed by atoms with van der Waals surface area (Å²) in [7, 11) is -5.60. The summed E-state index contributed by atoms with van der Waals surface area (Å²) in [6, 6.07) is -1.13. The lowest BCUT2D eigenvalue weighted by Crippen LogP contribution is -2.52. The molecule has 17 heavy (non-hydrogen) atoms. The van der Waals surface area contributed by atoms with E-state index in [0.717, 1.165) is 6.92 Å². The first-order valence-electron chi connectivity index (χ1n) is 3.89. The van der Waals surface area contributed by atoms with E-state index in [9.17, 15) is 35.1 Å². The van der Waals surface area contributed by atoms with Crippen molar-refractivity contribution in [3.8, 4) is 0 Å². The lowest BCUT2D eigenvalue weighted by molar-refractivity contribution is -0.341. The summed E-state index contributed by atoms with van der Waals surface area (Å²) >= 11 is 0. The molecule has 12 heteroatoms. The lowest BCUT2D eigenvalue weighted by Gasteiger charge is -2.29. The van der Waals surface area contributed by atoms with E-state index in [1.807, 2.05) is 0 Å². The van der Waals surface area contributed by atoms with Crippen molar-refractivity contribution in [2.75, 3.05) is 0 Å². The van der Waals surface area contributed by atoms with Gasteiger partial charge in [0.2, 0.25) is 0 Å². The minimum absolute atomic E-state index is 0.742. The molecule has 0 bridgehead atoms. The van der Waals surface area contributed by atoms with Crippen molar-refractivity contribution >= 4 is 8.80 Å². The standard InChI is InChI=1S/C5H6F8O3Si/c1-2-17(14-3(6)7,15-4(8,9)10)16-5(11,12)13/h3H,2H2,1H3. The molecule has 0 aromatic carbocycles. The third kappa shape index (κ3) is 7.46. The fourth-order valence-electron chi connectivity index (χ4n) is 0.785. The topological polar surface area (TPSA) is 27.7 Å². The maximum Gasteiger partial charge on any atom is 0.517 e.